The SMILES string of the molecule is CCCCCCCCCC1CC(=O)NCC(=O)N[C@@H](CCCCN)C(=O)NC(C(C)C)C(=O)N1. The van der Waals surface area contributed by atoms with Crippen LogP contribution < -0.4 is 27.0 Å². The van der Waals surface area contributed by atoms with Crippen molar-refractivity contribution in [1.29, 1.82) is 0 Å². The van der Waals surface area contributed by atoms with Gasteiger partial charge in [0.15, 0.2) is 0 Å². The second-order valence-corrected chi connectivity index (χ2v) is 9.73. The number of rotatable bonds is 13. The van der Waals surface area contributed by atoms with Crippen LogP contribution in [0.5, 0.6) is 0 Å². The summed E-state index contributed by atoms with van der Waals surface area (Å²) in [4.78, 5) is 50.9. The molecule has 1 heterocycles. The van der Waals surface area contributed by atoms with E-state index in [2.05, 4.69) is 28.2 Å². The molecule has 9 heteroatoms. The molecule has 0 aromatic carbocycles. The zero-order valence-corrected chi connectivity index (χ0v) is 21.4. The van der Waals surface area contributed by atoms with E-state index in [-0.39, 0.29) is 36.7 Å². The molecule has 196 valence electrons. The fraction of sp³-hybridized carbons (Fsp3) is 0.840. The van der Waals surface area contributed by atoms with E-state index in [1.165, 1.54) is 25.7 Å². The first-order valence-electron chi connectivity index (χ1n) is 13.1. The smallest absolute Gasteiger partial charge is 0.243 e. The summed E-state index contributed by atoms with van der Waals surface area (Å²) >= 11 is 0. The molecule has 0 aromatic rings. The summed E-state index contributed by atoms with van der Waals surface area (Å²) in [6.07, 6.45) is 10.6. The van der Waals surface area contributed by atoms with Gasteiger partial charge in [-0.1, -0.05) is 65.7 Å². The largest absolute Gasteiger partial charge is 0.351 e. The first-order chi connectivity index (χ1) is 16.3. The van der Waals surface area contributed by atoms with Gasteiger partial charge in [-0.05, 0) is 38.1 Å². The van der Waals surface area contributed by atoms with Gasteiger partial charge < -0.3 is 27.0 Å². The quantitative estimate of drug-likeness (QED) is 0.255. The van der Waals surface area contributed by atoms with Crippen LogP contribution in [0.15, 0.2) is 0 Å². The Labute approximate surface area is 205 Å². The van der Waals surface area contributed by atoms with E-state index in [9.17, 15) is 19.2 Å². The Morgan fingerprint density at radius 1 is 0.794 bits per heavy atom. The van der Waals surface area contributed by atoms with E-state index in [1.54, 1.807) is 0 Å². The van der Waals surface area contributed by atoms with Crippen LogP contribution in [0.2, 0.25) is 0 Å². The minimum atomic E-state index is -0.783. The summed E-state index contributed by atoms with van der Waals surface area (Å²) in [6.45, 7) is 6.21. The molecule has 0 aromatic heterocycles. The topological polar surface area (TPSA) is 142 Å². The minimum absolute atomic E-state index is 0.105. The number of nitrogens with one attached hydrogen (secondary N) is 4. The molecule has 34 heavy (non-hydrogen) atoms. The zero-order chi connectivity index (χ0) is 25.3. The van der Waals surface area contributed by atoms with Gasteiger partial charge in [0, 0.05) is 12.5 Å². The van der Waals surface area contributed by atoms with Crippen molar-refractivity contribution < 1.29 is 19.2 Å². The molecule has 0 spiro atoms. The monoisotopic (exact) mass is 481 g/mol. The first-order valence-corrected chi connectivity index (χ1v) is 13.1. The Kier molecular flexibility index (Phi) is 15.2. The summed E-state index contributed by atoms with van der Waals surface area (Å²) in [5.41, 5.74) is 5.55. The molecule has 0 bridgehead atoms. The maximum Gasteiger partial charge on any atom is 0.243 e. The molecule has 3 atom stereocenters. The summed E-state index contributed by atoms with van der Waals surface area (Å²) in [6, 6.07) is -1.87. The van der Waals surface area contributed by atoms with E-state index >= 15 is 0 Å². The average Bonchev–Trinajstić information content (AvgIpc) is 2.79. The number of nitrogens with two attached hydrogens (primary N) is 1. The van der Waals surface area contributed by atoms with Gasteiger partial charge in [-0.25, -0.2) is 0 Å². The van der Waals surface area contributed by atoms with Gasteiger partial charge in [-0.3, -0.25) is 19.2 Å². The van der Waals surface area contributed by atoms with Crippen molar-refractivity contribution in [3.05, 3.63) is 0 Å². The van der Waals surface area contributed by atoms with Crippen molar-refractivity contribution in [2.24, 2.45) is 11.7 Å². The highest BCUT2D eigenvalue weighted by atomic mass is 16.2. The summed E-state index contributed by atoms with van der Waals surface area (Å²) in [5.74, 6) is -1.56. The Morgan fingerprint density at radius 3 is 2.09 bits per heavy atom. The second-order valence-electron chi connectivity index (χ2n) is 9.73. The molecule has 4 amide bonds. The summed E-state index contributed by atoms with van der Waals surface area (Å²) in [5, 5.41) is 11.1. The van der Waals surface area contributed by atoms with Crippen molar-refractivity contribution in [2.75, 3.05) is 13.1 Å². The molecule has 1 aliphatic heterocycles. The molecule has 1 saturated heterocycles. The molecule has 6 N–H and O–H groups in total. The standard InChI is InChI=1S/C25H47N5O4/c1-4-5-6-7-8-9-10-13-19-16-21(31)27-17-22(32)29-20(14-11-12-15-26)24(33)30-23(18(2)3)25(34)28-19/h18-20,23H,4-17,26H2,1-3H3,(H,27,31)(H,28,34)(H,29,32)(H,30,33)/t19?,20-,23?/m0/s1. The van der Waals surface area contributed by atoms with E-state index in [0.29, 0.717) is 25.8 Å². The van der Waals surface area contributed by atoms with E-state index in [4.69, 9.17) is 5.73 Å². The van der Waals surface area contributed by atoms with E-state index in [0.717, 1.165) is 25.7 Å². The fourth-order valence-corrected chi connectivity index (χ4v) is 4.13. The second kappa shape index (κ2) is 17.3. The van der Waals surface area contributed by atoms with Crippen molar-refractivity contribution in [3.63, 3.8) is 0 Å². The number of amides is 4. The predicted molar refractivity (Wildman–Crippen MR) is 134 cm³/mol. The third-order valence-electron chi connectivity index (χ3n) is 6.23. The molecule has 1 rings (SSSR count). The zero-order valence-electron chi connectivity index (χ0n) is 21.4. The molecule has 2 unspecified atom stereocenters. The summed E-state index contributed by atoms with van der Waals surface area (Å²) in [7, 11) is 0. The Hall–Kier alpha value is -2.16. The van der Waals surface area contributed by atoms with Gasteiger partial charge in [0.25, 0.3) is 0 Å². The lowest BCUT2D eigenvalue weighted by Gasteiger charge is -2.27. The molecule has 0 radical (unpaired) electrons. The lowest BCUT2D eigenvalue weighted by Crippen LogP contribution is -2.56. The normalized spacial score (nSPS) is 22.7. The number of carbonyl (C=O) groups is 4. The maximum atomic E-state index is 13.1. The molecule has 9 nitrogen and oxygen atoms in total. The maximum absolute atomic E-state index is 13.1. The third kappa shape index (κ3) is 12.3. The van der Waals surface area contributed by atoms with Gasteiger partial charge in [-0.2, -0.15) is 0 Å². The van der Waals surface area contributed by atoms with Crippen molar-refractivity contribution in [1.82, 2.24) is 21.3 Å². The van der Waals surface area contributed by atoms with Crippen LogP contribution in [0.3, 0.4) is 0 Å². The summed E-state index contributed by atoms with van der Waals surface area (Å²) < 4.78 is 0. The van der Waals surface area contributed by atoms with Crippen LogP contribution in [0.1, 0.15) is 97.8 Å². The molecule has 0 saturated carbocycles. The Morgan fingerprint density at radius 2 is 1.44 bits per heavy atom. The van der Waals surface area contributed by atoms with Crippen molar-refractivity contribution in [2.45, 2.75) is 116 Å². The third-order valence-corrected chi connectivity index (χ3v) is 6.23. The van der Waals surface area contributed by atoms with Crippen LogP contribution in [0.25, 0.3) is 0 Å². The predicted octanol–water partition coefficient (Wildman–Crippen LogP) is 1.89. The van der Waals surface area contributed by atoms with Crippen molar-refractivity contribution in [3.8, 4) is 0 Å². The van der Waals surface area contributed by atoms with Gasteiger partial charge in [0.1, 0.15) is 12.1 Å². The van der Waals surface area contributed by atoms with Gasteiger partial charge in [0.2, 0.25) is 23.6 Å². The first kappa shape index (κ1) is 29.9. The lowest BCUT2D eigenvalue weighted by atomic mass is 9.99. The fourth-order valence-electron chi connectivity index (χ4n) is 4.13. The van der Waals surface area contributed by atoms with Gasteiger partial charge in [-0.15, -0.1) is 0 Å². The van der Waals surface area contributed by atoms with Crippen LogP contribution in [0, 0.1) is 5.92 Å². The van der Waals surface area contributed by atoms with Crippen LogP contribution in [0.4, 0.5) is 0 Å². The molecular weight excluding hydrogens is 434 g/mol. The highest BCUT2D eigenvalue weighted by molar-refractivity contribution is 5.94. The Balaban J connectivity index is 2.86. The van der Waals surface area contributed by atoms with Crippen molar-refractivity contribution >= 4 is 23.6 Å². The van der Waals surface area contributed by atoms with Crippen LogP contribution in [-0.2, 0) is 19.2 Å². The number of carbonyl (C=O) groups excluding carboxylic acids is 4. The minimum Gasteiger partial charge on any atom is -0.351 e. The highest BCUT2D eigenvalue weighted by Crippen LogP contribution is 2.13. The number of unbranched alkanes of at least 4 members (excludes halogenated alkanes) is 7. The molecular formula is C25H47N5O4. The van der Waals surface area contributed by atoms with Crippen LogP contribution >= 0.6 is 0 Å². The van der Waals surface area contributed by atoms with Gasteiger partial charge >= 0.3 is 0 Å². The molecule has 0 aliphatic carbocycles. The van der Waals surface area contributed by atoms with Crippen LogP contribution in [-0.4, -0.2) is 54.8 Å². The highest BCUT2D eigenvalue weighted by Gasteiger charge is 2.30. The lowest BCUT2D eigenvalue weighted by molar-refractivity contribution is -0.133. The molecule has 1 fully saturated rings. The van der Waals surface area contributed by atoms with Gasteiger partial charge in [0.05, 0.1) is 6.54 Å². The van der Waals surface area contributed by atoms with E-state index in [1.807, 2.05) is 13.8 Å². The number of hydrogen-bond donors (Lipinski definition) is 5. The van der Waals surface area contributed by atoms with E-state index < -0.39 is 23.9 Å². The molecule has 1 aliphatic rings. The Bertz CT molecular complexity index is 641. The number of hydrogen-bond acceptors (Lipinski definition) is 5. The average molecular weight is 482 g/mol.